The van der Waals surface area contributed by atoms with E-state index in [0.29, 0.717) is 0 Å². The summed E-state index contributed by atoms with van der Waals surface area (Å²) in [6, 6.07) is 0. The van der Waals surface area contributed by atoms with Gasteiger partial charge < -0.3 is 14.5 Å². The lowest BCUT2D eigenvalue weighted by Gasteiger charge is -2.31. The molecule has 2 saturated heterocycles. The summed E-state index contributed by atoms with van der Waals surface area (Å²) < 4.78 is 6.90. The monoisotopic (exact) mass is 396 g/mol. The molecule has 5 heterocycles. The lowest BCUT2D eigenvalue weighted by atomic mass is 9.91. The molecule has 0 amide bonds. The summed E-state index contributed by atoms with van der Waals surface area (Å²) in [6.45, 7) is 5.50. The maximum Gasteiger partial charge on any atom is 0.165 e. The predicted octanol–water partition coefficient (Wildman–Crippen LogP) is 2.95. The molecule has 0 saturated carbocycles. The van der Waals surface area contributed by atoms with E-state index in [0.717, 1.165) is 73.8 Å². The summed E-state index contributed by atoms with van der Waals surface area (Å²) in [4.78, 5) is 11.0. The van der Waals surface area contributed by atoms with Crippen LogP contribution in [0.5, 0.6) is 0 Å². The van der Waals surface area contributed by atoms with E-state index >= 15 is 0 Å². The van der Waals surface area contributed by atoms with Gasteiger partial charge in [-0.3, -0.25) is 0 Å². The lowest BCUT2D eigenvalue weighted by molar-refractivity contribution is 0.122. The molecule has 2 fully saturated rings. The highest BCUT2D eigenvalue weighted by molar-refractivity contribution is 7.25. The minimum atomic E-state index is 0.783. The molecular weight excluding hydrogens is 372 g/mol. The number of pyridine rings is 1. The Balaban J connectivity index is 1.62. The maximum absolute atomic E-state index is 5.59. The zero-order valence-corrected chi connectivity index (χ0v) is 16.8. The molecule has 6 rings (SSSR count). The van der Waals surface area contributed by atoms with E-state index in [-0.39, 0.29) is 0 Å². The van der Waals surface area contributed by atoms with Crippen LogP contribution in [0, 0.1) is 0 Å². The summed E-state index contributed by atoms with van der Waals surface area (Å²) in [5, 5.41) is 14.1. The van der Waals surface area contributed by atoms with Crippen molar-refractivity contribution in [1.82, 2.24) is 20.4 Å². The van der Waals surface area contributed by atoms with Crippen molar-refractivity contribution in [3.63, 3.8) is 0 Å². The van der Waals surface area contributed by atoms with E-state index in [1.807, 2.05) is 0 Å². The molecule has 7 nitrogen and oxygen atoms in total. The highest BCUT2D eigenvalue weighted by Gasteiger charge is 2.28. The van der Waals surface area contributed by atoms with Crippen molar-refractivity contribution >= 4 is 43.4 Å². The summed E-state index contributed by atoms with van der Waals surface area (Å²) in [5.41, 5.74) is 4.04. The minimum Gasteiger partial charge on any atom is -0.378 e. The van der Waals surface area contributed by atoms with Crippen molar-refractivity contribution in [3.05, 3.63) is 11.1 Å². The van der Waals surface area contributed by atoms with Crippen molar-refractivity contribution in [2.24, 2.45) is 0 Å². The van der Waals surface area contributed by atoms with E-state index in [1.165, 1.54) is 47.3 Å². The van der Waals surface area contributed by atoms with Crippen LogP contribution in [0.2, 0.25) is 0 Å². The molecule has 0 spiro atoms. The van der Waals surface area contributed by atoms with E-state index in [9.17, 15) is 0 Å². The molecule has 3 aromatic rings. The van der Waals surface area contributed by atoms with Gasteiger partial charge in [0.2, 0.25) is 0 Å². The molecule has 0 atom stereocenters. The molecule has 3 aromatic heterocycles. The van der Waals surface area contributed by atoms with Crippen LogP contribution in [-0.4, -0.2) is 59.8 Å². The van der Waals surface area contributed by atoms with Crippen LogP contribution < -0.4 is 9.80 Å². The fourth-order valence-corrected chi connectivity index (χ4v) is 6.07. The molecule has 0 bridgehead atoms. The number of morpholine rings is 1. The van der Waals surface area contributed by atoms with Crippen LogP contribution in [0.3, 0.4) is 0 Å². The largest absolute Gasteiger partial charge is 0.378 e. The van der Waals surface area contributed by atoms with Crippen molar-refractivity contribution in [1.29, 1.82) is 0 Å². The van der Waals surface area contributed by atoms with E-state index in [2.05, 4.69) is 25.2 Å². The molecule has 0 N–H and O–H groups in total. The highest BCUT2D eigenvalue weighted by atomic mass is 32.1. The minimum absolute atomic E-state index is 0.783. The predicted molar refractivity (Wildman–Crippen MR) is 112 cm³/mol. The summed E-state index contributed by atoms with van der Waals surface area (Å²) in [6.07, 6.45) is 7.21. The Morgan fingerprint density at radius 3 is 2.36 bits per heavy atom. The average molecular weight is 397 g/mol. The number of hydrogen-bond donors (Lipinski definition) is 0. The molecule has 0 aromatic carbocycles. The standard InChI is InChI=1S/C20H24N6OS/c1-2-6-14-13(5-1)17-16(21-18(14)26-9-11-27-12-10-26)15-19(25-7-3-4-8-25)22-24-23-20(15)28-17/h1-12H2. The smallest absolute Gasteiger partial charge is 0.165 e. The molecule has 146 valence electrons. The summed E-state index contributed by atoms with van der Waals surface area (Å²) >= 11 is 1.76. The van der Waals surface area contributed by atoms with Gasteiger partial charge in [-0.05, 0) is 54.9 Å². The van der Waals surface area contributed by atoms with Crippen LogP contribution in [0.1, 0.15) is 36.8 Å². The number of ether oxygens (including phenoxy) is 1. The van der Waals surface area contributed by atoms with Crippen LogP contribution in [0.4, 0.5) is 11.6 Å². The van der Waals surface area contributed by atoms with E-state index in [1.54, 1.807) is 11.3 Å². The number of fused-ring (bicyclic) bond motifs is 5. The van der Waals surface area contributed by atoms with Crippen molar-refractivity contribution in [3.8, 4) is 0 Å². The molecule has 0 radical (unpaired) electrons. The van der Waals surface area contributed by atoms with Gasteiger partial charge in [-0.2, -0.15) is 0 Å². The number of hydrogen-bond acceptors (Lipinski definition) is 8. The number of anilines is 2. The van der Waals surface area contributed by atoms with Gasteiger partial charge in [0.15, 0.2) is 10.6 Å². The van der Waals surface area contributed by atoms with E-state index in [4.69, 9.17) is 9.72 Å². The Bertz CT molecular complexity index is 1040. The van der Waals surface area contributed by atoms with Gasteiger partial charge in [0.25, 0.3) is 0 Å². The third-order valence-electron chi connectivity index (χ3n) is 6.31. The van der Waals surface area contributed by atoms with Gasteiger partial charge in [-0.1, -0.05) is 0 Å². The first-order valence-electron chi connectivity index (χ1n) is 10.4. The van der Waals surface area contributed by atoms with Crippen molar-refractivity contribution in [2.75, 3.05) is 49.2 Å². The SMILES string of the molecule is C1CCc2c(c(N3CCOCC3)nc3c2sc2nnnc(N4CCCC4)c23)C1. The first kappa shape index (κ1) is 16.9. The fourth-order valence-electron chi connectivity index (χ4n) is 4.91. The van der Waals surface area contributed by atoms with Gasteiger partial charge >= 0.3 is 0 Å². The zero-order chi connectivity index (χ0) is 18.5. The second kappa shape index (κ2) is 6.77. The van der Waals surface area contributed by atoms with Gasteiger partial charge in [0.05, 0.1) is 28.8 Å². The molecule has 1 aliphatic carbocycles. The second-order valence-electron chi connectivity index (χ2n) is 7.97. The topological polar surface area (TPSA) is 67.3 Å². The molecular formula is C20H24N6OS. The number of nitrogens with zero attached hydrogens (tertiary/aromatic N) is 6. The quantitative estimate of drug-likeness (QED) is 0.660. The molecule has 8 heteroatoms. The number of thiophene rings is 1. The van der Waals surface area contributed by atoms with Gasteiger partial charge in [0.1, 0.15) is 5.82 Å². The molecule has 2 aliphatic heterocycles. The number of aromatic nitrogens is 4. The van der Waals surface area contributed by atoms with Crippen LogP contribution in [-0.2, 0) is 17.6 Å². The third kappa shape index (κ3) is 2.58. The average Bonchev–Trinajstić information content (AvgIpc) is 3.42. The molecule has 0 unspecified atom stereocenters. The van der Waals surface area contributed by atoms with Crippen LogP contribution in [0.25, 0.3) is 20.4 Å². The lowest BCUT2D eigenvalue weighted by Crippen LogP contribution is -2.37. The normalized spacial score (nSPS) is 20.3. The Labute approximate surface area is 167 Å². The highest BCUT2D eigenvalue weighted by Crippen LogP contribution is 2.43. The zero-order valence-electron chi connectivity index (χ0n) is 16.0. The van der Waals surface area contributed by atoms with Gasteiger partial charge in [-0.15, -0.1) is 21.5 Å². The first-order valence-corrected chi connectivity index (χ1v) is 11.3. The summed E-state index contributed by atoms with van der Waals surface area (Å²) in [7, 11) is 0. The Morgan fingerprint density at radius 2 is 1.54 bits per heavy atom. The Morgan fingerprint density at radius 1 is 0.786 bits per heavy atom. The maximum atomic E-state index is 5.59. The van der Waals surface area contributed by atoms with Gasteiger partial charge in [-0.25, -0.2) is 4.98 Å². The van der Waals surface area contributed by atoms with E-state index < -0.39 is 0 Å². The first-order chi connectivity index (χ1) is 13.9. The fraction of sp³-hybridized carbons (Fsp3) is 0.600. The Hall–Kier alpha value is -2.06. The number of aryl methyl sites for hydroxylation is 1. The second-order valence-corrected chi connectivity index (χ2v) is 8.97. The third-order valence-corrected chi connectivity index (χ3v) is 7.43. The molecule has 28 heavy (non-hydrogen) atoms. The molecule has 3 aliphatic rings. The van der Waals surface area contributed by atoms with Crippen molar-refractivity contribution in [2.45, 2.75) is 38.5 Å². The van der Waals surface area contributed by atoms with Crippen LogP contribution >= 0.6 is 11.3 Å². The summed E-state index contributed by atoms with van der Waals surface area (Å²) in [5.74, 6) is 2.15. The van der Waals surface area contributed by atoms with Gasteiger partial charge in [0, 0.05) is 26.2 Å². The number of rotatable bonds is 2. The van der Waals surface area contributed by atoms with Crippen LogP contribution in [0.15, 0.2) is 0 Å². The Kier molecular flexibility index (Phi) is 4.08. The van der Waals surface area contributed by atoms with Crippen molar-refractivity contribution < 1.29 is 4.74 Å².